The van der Waals surface area contributed by atoms with Crippen LogP contribution in [0.3, 0.4) is 0 Å². The van der Waals surface area contributed by atoms with Crippen LogP contribution in [0.2, 0.25) is 0 Å². The maximum absolute atomic E-state index is 5.85. The largest absolute Gasteiger partial charge is 0.478 e. The number of aromatic nitrogens is 1. The molecule has 1 fully saturated rings. The van der Waals surface area contributed by atoms with Gasteiger partial charge in [-0.3, -0.25) is 0 Å². The first-order valence-electron chi connectivity index (χ1n) is 7.97. The molecule has 0 radical (unpaired) electrons. The van der Waals surface area contributed by atoms with Crippen LogP contribution < -0.4 is 10.1 Å². The number of benzene rings is 1. The quantitative estimate of drug-likeness (QED) is 0.837. The van der Waals surface area contributed by atoms with Gasteiger partial charge in [0.25, 0.3) is 0 Å². The van der Waals surface area contributed by atoms with Gasteiger partial charge in [0, 0.05) is 24.0 Å². The standard InChI is InChI=1S/C18H24N2O/c1-13(2)9-10-21-18-11-14(12-19-15-7-8-15)16-5-3-4-6-17(16)20-18/h3-6,11,13,15,19H,7-10,12H2,1-2H3. The van der Waals surface area contributed by atoms with Crippen LogP contribution in [0.1, 0.15) is 38.7 Å². The molecular weight excluding hydrogens is 260 g/mol. The number of nitrogens with zero attached hydrogens (tertiary/aromatic N) is 1. The summed E-state index contributed by atoms with van der Waals surface area (Å²) in [6.45, 7) is 6.05. The predicted molar refractivity (Wildman–Crippen MR) is 86.6 cm³/mol. The Balaban J connectivity index is 1.79. The highest BCUT2D eigenvalue weighted by atomic mass is 16.5. The van der Waals surface area contributed by atoms with Crippen molar-refractivity contribution in [3.8, 4) is 5.88 Å². The number of hydrogen-bond acceptors (Lipinski definition) is 3. The zero-order chi connectivity index (χ0) is 14.7. The third-order valence-electron chi connectivity index (χ3n) is 3.88. The molecule has 0 aliphatic heterocycles. The zero-order valence-electron chi connectivity index (χ0n) is 12.9. The minimum Gasteiger partial charge on any atom is -0.478 e. The van der Waals surface area contributed by atoms with Crippen molar-refractivity contribution in [2.45, 2.75) is 45.7 Å². The van der Waals surface area contributed by atoms with E-state index in [9.17, 15) is 0 Å². The lowest BCUT2D eigenvalue weighted by Gasteiger charge is -2.12. The number of rotatable bonds is 7. The van der Waals surface area contributed by atoms with E-state index in [0.717, 1.165) is 31.0 Å². The molecule has 3 heteroatoms. The molecule has 0 unspecified atom stereocenters. The van der Waals surface area contributed by atoms with Crippen LogP contribution in [-0.4, -0.2) is 17.6 Å². The molecule has 3 nitrogen and oxygen atoms in total. The first kappa shape index (κ1) is 14.3. The first-order chi connectivity index (χ1) is 10.2. The van der Waals surface area contributed by atoms with Crippen molar-refractivity contribution in [2.75, 3.05) is 6.61 Å². The van der Waals surface area contributed by atoms with Gasteiger partial charge in [0.2, 0.25) is 5.88 Å². The fourth-order valence-electron chi connectivity index (χ4n) is 2.38. The molecule has 1 N–H and O–H groups in total. The average Bonchev–Trinajstić information content (AvgIpc) is 3.28. The summed E-state index contributed by atoms with van der Waals surface area (Å²) in [7, 11) is 0. The predicted octanol–water partition coefficient (Wildman–Crippen LogP) is 3.91. The van der Waals surface area contributed by atoms with E-state index in [4.69, 9.17) is 4.74 Å². The van der Waals surface area contributed by atoms with Crippen molar-refractivity contribution in [2.24, 2.45) is 5.92 Å². The number of hydrogen-bond donors (Lipinski definition) is 1. The normalized spacial score (nSPS) is 14.8. The molecule has 0 atom stereocenters. The fraction of sp³-hybridized carbons (Fsp3) is 0.500. The molecule has 1 aromatic carbocycles. The summed E-state index contributed by atoms with van der Waals surface area (Å²) in [6.07, 6.45) is 3.67. The summed E-state index contributed by atoms with van der Waals surface area (Å²) < 4.78 is 5.85. The van der Waals surface area contributed by atoms with Crippen LogP contribution in [0.25, 0.3) is 10.9 Å². The molecule has 0 bridgehead atoms. The lowest BCUT2D eigenvalue weighted by atomic mass is 10.1. The van der Waals surface area contributed by atoms with Crippen LogP contribution in [0.15, 0.2) is 30.3 Å². The molecule has 0 spiro atoms. The Labute approximate surface area is 126 Å². The highest BCUT2D eigenvalue weighted by Crippen LogP contribution is 2.24. The van der Waals surface area contributed by atoms with E-state index < -0.39 is 0 Å². The molecule has 2 aromatic rings. The monoisotopic (exact) mass is 284 g/mol. The van der Waals surface area contributed by atoms with Gasteiger partial charge in [-0.15, -0.1) is 0 Å². The van der Waals surface area contributed by atoms with Crippen LogP contribution in [0.4, 0.5) is 0 Å². The summed E-state index contributed by atoms with van der Waals surface area (Å²) in [5.74, 6) is 1.41. The number of para-hydroxylation sites is 1. The summed E-state index contributed by atoms with van der Waals surface area (Å²) in [6, 6.07) is 11.1. The topological polar surface area (TPSA) is 34.1 Å². The van der Waals surface area contributed by atoms with E-state index in [1.807, 2.05) is 6.07 Å². The van der Waals surface area contributed by atoms with E-state index in [-0.39, 0.29) is 0 Å². The van der Waals surface area contributed by atoms with Gasteiger partial charge in [0.05, 0.1) is 12.1 Å². The number of nitrogens with one attached hydrogen (secondary N) is 1. The third kappa shape index (κ3) is 3.94. The average molecular weight is 284 g/mol. The third-order valence-corrected chi connectivity index (χ3v) is 3.88. The summed E-state index contributed by atoms with van der Waals surface area (Å²) in [4.78, 5) is 4.63. The molecule has 1 aliphatic rings. The SMILES string of the molecule is CC(C)CCOc1cc(CNC2CC2)c2ccccc2n1. The minimum absolute atomic E-state index is 0.654. The molecule has 1 aliphatic carbocycles. The van der Waals surface area contributed by atoms with Crippen molar-refractivity contribution in [3.63, 3.8) is 0 Å². The fourth-order valence-corrected chi connectivity index (χ4v) is 2.38. The number of ether oxygens (including phenoxy) is 1. The first-order valence-corrected chi connectivity index (χ1v) is 7.97. The molecule has 21 heavy (non-hydrogen) atoms. The maximum atomic E-state index is 5.85. The van der Waals surface area contributed by atoms with Gasteiger partial charge in [-0.2, -0.15) is 0 Å². The highest BCUT2D eigenvalue weighted by molar-refractivity contribution is 5.82. The molecule has 112 valence electrons. The highest BCUT2D eigenvalue weighted by Gasteiger charge is 2.20. The molecule has 3 rings (SSSR count). The second-order valence-electron chi connectivity index (χ2n) is 6.32. The Kier molecular flexibility index (Phi) is 4.39. The smallest absolute Gasteiger partial charge is 0.214 e. The van der Waals surface area contributed by atoms with Crippen LogP contribution in [-0.2, 0) is 6.54 Å². The molecular formula is C18H24N2O. The maximum Gasteiger partial charge on any atom is 0.214 e. The Morgan fingerprint density at radius 3 is 2.86 bits per heavy atom. The zero-order valence-corrected chi connectivity index (χ0v) is 12.9. The van der Waals surface area contributed by atoms with E-state index >= 15 is 0 Å². The van der Waals surface area contributed by atoms with Gasteiger partial charge in [-0.05, 0) is 36.8 Å². The van der Waals surface area contributed by atoms with Gasteiger partial charge >= 0.3 is 0 Å². The summed E-state index contributed by atoms with van der Waals surface area (Å²) in [5.41, 5.74) is 2.30. The summed E-state index contributed by atoms with van der Waals surface area (Å²) in [5, 5.41) is 4.81. The van der Waals surface area contributed by atoms with E-state index in [0.29, 0.717) is 12.0 Å². The Morgan fingerprint density at radius 1 is 1.29 bits per heavy atom. The molecule has 0 amide bonds. The second kappa shape index (κ2) is 6.44. The minimum atomic E-state index is 0.654. The lowest BCUT2D eigenvalue weighted by Crippen LogP contribution is -2.16. The molecule has 1 heterocycles. The van der Waals surface area contributed by atoms with Gasteiger partial charge in [-0.1, -0.05) is 32.0 Å². The Morgan fingerprint density at radius 2 is 2.10 bits per heavy atom. The van der Waals surface area contributed by atoms with E-state index in [1.165, 1.54) is 23.8 Å². The van der Waals surface area contributed by atoms with Crippen molar-refractivity contribution < 1.29 is 4.74 Å². The molecule has 0 saturated heterocycles. The van der Waals surface area contributed by atoms with E-state index in [1.54, 1.807) is 0 Å². The van der Waals surface area contributed by atoms with Gasteiger partial charge in [-0.25, -0.2) is 4.98 Å². The van der Waals surface area contributed by atoms with Gasteiger partial charge in [0.15, 0.2) is 0 Å². The molecule has 1 saturated carbocycles. The number of fused-ring (bicyclic) bond motifs is 1. The van der Waals surface area contributed by atoms with Gasteiger partial charge < -0.3 is 10.1 Å². The van der Waals surface area contributed by atoms with Gasteiger partial charge in [0.1, 0.15) is 0 Å². The summed E-state index contributed by atoms with van der Waals surface area (Å²) >= 11 is 0. The van der Waals surface area contributed by atoms with Crippen molar-refractivity contribution in [3.05, 3.63) is 35.9 Å². The van der Waals surface area contributed by atoms with Crippen LogP contribution >= 0.6 is 0 Å². The second-order valence-corrected chi connectivity index (χ2v) is 6.32. The number of pyridine rings is 1. The lowest BCUT2D eigenvalue weighted by molar-refractivity contribution is 0.280. The van der Waals surface area contributed by atoms with Crippen molar-refractivity contribution in [1.29, 1.82) is 0 Å². The van der Waals surface area contributed by atoms with Crippen LogP contribution in [0, 0.1) is 5.92 Å². The van der Waals surface area contributed by atoms with Crippen LogP contribution in [0.5, 0.6) is 5.88 Å². The van der Waals surface area contributed by atoms with E-state index in [2.05, 4.69) is 48.4 Å². The van der Waals surface area contributed by atoms with Crippen molar-refractivity contribution >= 4 is 10.9 Å². The van der Waals surface area contributed by atoms with Crippen molar-refractivity contribution in [1.82, 2.24) is 10.3 Å². The Bertz CT molecular complexity index is 605. The molecule has 1 aromatic heterocycles. The Hall–Kier alpha value is -1.61.